The third-order valence-electron chi connectivity index (χ3n) is 2.45. The van der Waals surface area contributed by atoms with Crippen molar-refractivity contribution >= 4 is 29.1 Å². The number of nitrogens with one attached hydrogen (secondary N) is 1. The average Bonchev–Trinajstić information content (AvgIpc) is 2.36. The van der Waals surface area contributed by atoms with Crippen molar-refractivity contribution in [2.45, 2.75) is 19.9 Å². The summed E-state index contributed by atoms with van der Waals surface area (Å²) >= 11 is 5.66. The van der Waals surface area contributed by atoms with Gasteiger partial charge in [-0.05, 0) is 19.9 Å². The molecule has 0 fully saturated rings. The minimum atomic E-state index is -0.724. The molecule has 0 aromatic carbocycles. The quantitative estimate of drug-likeness (QED) is 0.500. The molecule has 1 heterocycles. The second kappa shape index (κ2) is 6.98. The van der Waals surface area contributed by atoms with Gasteiger partial charge in [-0.2, -0.15) is 0 Å². The molecular weight excluding hydrogens is 300 g/mol. The van der Waals surface area contributed by atoms with Crippen LogP contribution in [0.4, 0.5) is 5.69 Å². The van der Waals surface area contributed by atoms with E-state index in [0.29, 0.717) is 0 Å². The molecule has 0 saturated heterocycles. The lowest BCUT2D eigenvalue weighted by Gasteiger charge is -2.17. The molecule has 21 heavy (non-hydrogen) atoms. The van der Waals surface area contributed by atoms with Gasteiger partial charge in [-0.3, -0.25) is 19.7 Å². The number of likely N-dealkylation sites (N-methyl/N-ethyl adjacent to an activating group) is 1. The summed E-state index contributed by atoms with van der Waals surface area (Å²) in [5.41, 5.74) is -0.666. The standard InChI is InChI=1S/C12H15ClN4O4/c1-7(2)15-11(18)6-16(3)12(19)8-4-10(13)14-5-9(8)17(20)21/h4-5,7H,6H2,1-3H3,(H,15,18). The van der Waals surface area contributed by atoms with Gasteiger partial charge in [-0.15, -0.1) is 0 Å². The molecule has 114 valence electrons. The van der Waals surface area contributed by atoms with Gasteiger partial charge < -0.3 is 10.2 Å². The Morgan fingerprint density at radius 3 is 2.67 bits per heavy atom. The molecule has 0 atom stereocenters. The molecule has 1 rings (SSSR count). The van der Waals surface area contributed by atoms with Crippen molar-refractivity contribution in [3.8, 4) is 0 Å². The predicted molar refractivity (Wildman–Crippen MR) is 76.1 cm³/mol. The number of halogens is 1. The summed E-state index contributed by atoms with van der Waals surface area (Å²) < 4.78 is 0. The van der Waals surface area contributed by atoms with E-state index in [4.69, 9.17) is 11.6 Å². The van der Waals surface area contributed by atoms with Crippen LogP contribution in [-0.2, 0) is 4.79 Å². The molecule has 0 spiro atoms. The highest BCUT2D eigenvalue weighted by Crippen LogP contribution is 2.21. The molecule has 9 heteroatoms. The van der Waals surface area contributed by atoms with E-state index in [-0.39, 0.29) is 29.2 Å². The highest BCUT2D eigenvalue weighted by Gasteiger charge is 2.25. The smallest absolute Gasteiger partial charge is 0.300 e. The Labute approximate surface area is 126 Å². The van der Waals surface area contributed by atoms with Crippen molar-refractivity contribution in [1.29, 1.82) is 0 Å². The molecule has 0 bridgehead atoms. The van der Waals surface area contributed by atoms with Crippen molar-refractivity contribution < 1.29 is 14.5 Å². The fourth-order valence-electron chi connectivity index (χ4n) is 1.60. The van der Waals surface area contributed by atoms with Gasteiger partial charge in [0.05, 0.1) is 11.5 Å². The molecule has 0 unspecified atom stereocenters. The van der Waals surface area contributed by atoms with E-state index in [1.807, 2.05) is 0 Å². The van der Waals surface area contributed by atoms with E-state index in [0.717, 1.165) is 17.2 Å². The Morgan fingerprint density at radius 2 is 2.14 bits per heavy atom. The first-order valence-corrected chi connectivity index (χ1v) is 6.45. The van der Waals surface area contributed by atoms with Gasteiger partial charge in [0.2, 0.25) is 5.91 Å². The number of nitro groups is 1. The summed E-state index contributed by atoms with van der Waals surface area (Å²) in [7, 11) is 1.38. The first kappa shape index (κ1) is 16.8. The van der Waals surface area contributed by atoms with Crippen LogP contribution in [0.3, 0.4) is 0 Å². The van der Waals surface area contributed by atoms with Crippen molar-refractivity contribution in [3.05, 3.63) is 33.1 Å². The van der Waals surface area contributed by atoms with Gasteiger partial charge in [0.25, 0.3) is 11.6 Å². The van der Waals surface area contributed by atoms with E-state index in [2.05, 4.69) is 10.3 Å². The van der Waals surface area contributed by atoms with Crippen LogP contribution >= 0.6 is 11.6 Å². The Morgan fingerprint density at radius 1 is 1.52 bits per heavy atom. The number of rotatable bonds is 5. The first-order chi connectivity index (χ1) is 9.72. The van der Waals surface area contributed by atoms with E-state index >= 15 is 0 Å². The van der Waals surface area contributed by atoms with Crippen molar-refractivity contribution in [2.75, 3.05) is 13.6 Å². The zero-order valence-corrected chi connectivity index (χ0v) is 12.5. The van der Waals surface area contributed by atoms with Crippen LogP contribution in [0.5, 0.6) is 0 Å². The van der Waals surface area contributed by atoms with Crippen LogP contribution in [0.25, 0.3) is 0 Å². The number of carbonyl (C=O) groups is 2. The number of nitrogens with zero attached hydrogens (tertiary/aromatic N) is 3. The summed E-state index contributed by atoms with van der Waals surface area (Å²) in [6, 6.07) is 1.05. The second-order valence-electron chi connectivity index (χ2n) is 4.66. The third-order valence-corrected chi connectivity index (χ3v) is 2.66. The summed E-state index contributed by atoms with van der Waals surface area (Å²) in [5, 5.41) is 13.5. The Balaban J connectivity index is 2.95. The number of hydrogen-bond acceptors (Lipinski definition) is 5. The fraction of sp³-hybridized carbons (Fsp3) is 0.417. The maximum atomic E-state index is 12.2. The second-order valence-corrected chi connectivity index (χ2v) is 5.05. The normalized spacial score (nSPS) is 10.3. The van der Waals surface area contributed by atoms with Crippen molar-refractivity contribution in [3.63, 3.8) is 0 Å². The number of aromatic nitrogens is 1. The molecule has 1 aromatic heterocycles. The lowest BCUT2D eigenvalue weighted by Crippen LogP contribution is -2.41. The van der Waals surface area contributed by atoms with E-state index in [1.165, 1.54) is 7.05 Å². The summed E-state index contributed by atoms with van der Waals surface area (Å²) in [6.07, 6.45) is 0.914. The minimum Gasteiger partial charge on any atom is -0.352 e. The van der Waals surface area contributed by atoms with Gasteiger partial charge in [0.1, 0.15) is 16.9 Å². The number of pyridine rings is 1. The zero-order chi connectivity index (χ0) is 16.2. The largest absolute Gasteiger partial charge is 0.352 e. The number of carbonyl (C=O) groups excluding carboxylic acids is 2. The van der Waals surface area contributed by atoms with E-state index in [1.54, 1.807) is 13.8 Å². The molecule has 1 aromatic rings. The molecule has 0 aliphatic carbocycles. The topological polar surface area (TPSA) is 105 Å². The highest BCUT2D eigenvalue weighted by atomic mass is 35.5. The Kier molecular flexibility index (Phi) is 5.60. The lowest BCUT2D eigenvalue weighted by molar-refractivity contribution is -0.385. The van der Waals surface area contributed by atoms with Crippen LogP contribution in [0, 0.1) is 10.1 Å². The summed E-state index contributed by atoms with van der Waals surface area (Å²) in [4.78, 5) is 38.6. The van der Waals surface area contributed by atoms with E-state index < -0.39 is 16.5 Å². The average molecular weight is 315 g/mol. The van der Waals surface area contributed by atoms with Crippen LogP contribution < -0.4 is 5.32 Å². The van der Waals surface area contributed by atoms with Gasteiger partial charge in [0.15, 0.2) is 0 Å². The zero-order valence-electron chi connectivity index (χ0n) is 11.8. The first-order valence-electron chi connectivity index (χ1n) is 6.07. The Bertz CT molecular complexity index is 576. The fourth-order valence-corrected chi connectivity index (χ4v) is 1.76. The molecule has 0 radical (unpaired) electrons. The molecule has 0 aliphatic rings. The molecular formula is C12H15ClN4O4. The van der Waals surface area contributed by atoms with Gasteiger partial charge in [-0.1, -0.05) is 11.6 Å². The number of hydrogen-bond donors (Lipinski definition) is 1. The summed E-state index contributed by atoms with van der Waals surface area (Å²) in [5.74, 6) is -1.03. The molecule has 1 N–H and O–H groups in total. The molecule has 0 saturated carbocycles. The maximum Gasteiger partial charge on any atom is 0.300 e. The van der Waals surface area contributed by atoms with Crippen LogP contribution in [0.2, 0.25) is 5.15 Å². The highest BCUT2D eigenvalue weighted by molar-refractivity contribution is 6.29. The monoisotopic (exact) mass is 314 g/mol. The van der Waals surface area contributed by atoms with Crippen LogP contribution in [0.1, 0.15) is 24.2 Å². The summed E-state index contributed by atoms with van der Waals surface area (Å²) in [6.45, 7) is 3.36. The third kappa shape index (κ3) is 4.67. The SMILES string of the molecule is CC(C)NC(=O)CN(C)C(=O)c1cc(Cl)ncc1[N+](=O)[O-]. The molecule has 0 aliphatic heterocycles. The van der Waals surface area contributed by atoms with Gasteiger partial charge >= 0.3 is 0 Å². The minimum absolute atomic E-state index is 0.0380. The predicted octanol–water partition coefficient (Wildman–Crippen LogP) is 1.24. The van der Waals surface area contributed by atoms with Gasteiger partial charge in [-0.25, -0.2) is 4.98 Å². The Hall–Kier alpha value is -2.22. The van der Waals surface area contributed by atoms with Crippen LogP contribution in [-0.4, -0.2) is 46.3 Å². The molecule has 8 nitrogen and oxygen atoms in total. The van der Waals surface area contributed by atoms with E-state index in [9.17, 15) is 19.7 Å². The number of amides is 2. The lowest BCUT2D eigenvalue weighted by atomic mass is 10.2. The van der Waals surface area contributed by atoms with Gasteiger partial charge in [0, 0.05) is 13.1 Å². The molecule has 2 amide bonds. The van der Waals surface area contributed by atoms with Crippen LogP contribution in [0.15, 0.2) is 12.3 Å². The maximum absolute atomic E-state index is 12.2. The van der Waals surface area contributed by atoms with Crippen molar-refractivity contribution in [2.24, 2.45) is 0 Å². The van der Waals surface area contributed by atoms with Crippen molar-refractivity contribution in [1.82, 2.24) is 15.2 Å².